The third-order valence-electron chi connectivity index (χ3n) is 2.99. The van der Waals surface area contributed by atoms with Crippen molar-refractivity contribution in [1.82, 2.24) is 4.90 Å². The highest BCUT2D eigenvalue weighted by atomic mass is 16.4. The lowest BCUT2D eigenvalue weighted by Crippen LogP contribution is -2.40. The van der Waals surface area contributed by atoms with Gasteiger partial charge in [-0.1, -0.05) is 12.2 Å². The SMILES string of the molecule is O=C(O)CN(C1C=CCCC1)C1CC1. The molecular formula is C11H17NO2. The Morgan fingerprint density at radius 3 is 2.71 bits per heavy atom. The van der Waals surface area contributed by atoms with Gasteiger partial charge in [0.25, 0.3) is 0 Å². The van der Waals surface area contributed by atoms with E-state index in [1.54, 1.807) is 0 Å². The minimum Gasteiger partial charge on any atom is -0.480 e. The maximum Gasteiger partial charge on any atom is 0.317 e. The smallest absolute Gasteiger partial charge is 0.317 e. The van der Waals surface area contributed by atoms with Crippen LogP contribution in [0.25, 0.3) is 0 Å². The van der Waals surface area contributed by atoms with Crippen molar-refractivity contribution >= 4 is 5.97 Å². The van der Waals surface area contributed by atoms with Crippen LogP contribution in [0.1, 0.15) is 32.1 Å². The van der Waals surface area contributed by atoms with Crippen molar-refractivity contribution in [1.29, 1.82) is 0 Å². The summed E-state index contributed by atoms with van der Waals surface area (Å²) >= 11 is 0. The second kappa shape index (κ2) is 4.13. The van der Waals surface area contributed by atoms with Crippen molar-refractivity contribution in [3.05, 3.63) is 12.2 Å². The molecule has 1 N–H and O–H groups in total. The van der Waals surface area contributed by atoms with E-state index < -0.39 is 5.97 Å². The van der Waals surface area contributed by atoms with E-state index in [1.165, 1.54) is 19.3 Å². The maximum absolute atomic E-state index is 10.7. The number of carbonyl (C=O) groups is 1. The van der Waals surface area contributed by atoms with Crippen LogP contribution in [0.15, 0.2) is 12.2 Å². The molecule has 0 aromatic heterocycles. The van der Waals surface area contributed by atoms with Gasteiger partial charge < -0.3 is 5.11 Å². The molecule has 0 heterocycles. The van der Waals surface area contributed by atoms with Gasteiger partial charge in [0.05, 0.1) is 6.54 Å². The quantitative estimate of drug-likeness (QED) is 0.693. The van der Waals surface area contributed by atoms with Crippen LogP contribution in [-0.2, 0) is 4.79 Å². The third kappa shape index (κ3) is 2.35. The second-order valence-electron chi connectivity index (χ2n) is 4.22. The summed E-state index contributed by atoms with van der Waals surface area (Å²) in [6.45, 7) is 0.208. The normalized spacial score (nSPS) is 26.8. The summed E-state index contributed by atoms with van der Waals surface area (Å²) in [5, 5.41) is 8.83. The largest absolute Gasteiger partial charge is 0.480 e. The van der Waals surface area contributed by atoms with Crippen molar-refractivity contribution in [2.75, 3.05) is 6.54 Å². The molecule has 0 bridgehead atoms. The van der Waals surface area contributed by atoms with Crippen LogP contribution in [-0.4, -0.2) is 34.6 Å². The molecule has 0 spiro atoms. The summed E-state index contributed by atoms with van der Waals surface area (Å²) < 4.78 is 0. The fourth-order valence-corrected chi connectivity index (χ4v) is 2.15. The lowest BCUT2D eigenvalue weighted by atomic mass is 10.0. The Morgan fingerprint density at radius 2 is 2.21 bits per heavy atom. The molecule has 3 heteroatoms. The number of hydrogen-bond donors (Lipinski definition) is 1. The molecule has 0 saturated heterocycles. The van der Waals surface area contributed by atoms with E-state index in [0.29, 0.717) is 12.1 Å². The summed E-state index contributed by atoms with van der Waals surface area (Å²) in [7, 11) is 0. The fourth-order valence-electron chi connectivity index (χ4n) is 2.15. The first-order valence-corrected chi connectivity index (χ1v) is 5.41. The Bertz CT molecular complexity index is 246. The van der Waals surface area contributed by atoms with Crippen LogP contribution >= 0.6 is 0 Å². The number of carboxylic acids is 1. The van der Waals surface area contributed by atoms with E-state index in [2.05, 4.69) is 17.1 Å². The van der Waals surface area contributed by atoms with Gasteiger partial charge >= 0.3 is 5.97 Å². The first-order valence-electron chi connectivity index (χ1n) is 5.41. The molecule has 1 unspecified atom stereocenters. The molecule has 0 amide bonds. The summed E-state index contributed by atoms with van der Waals surface area (Å²) in [5.74, 6) is -0.698. The summed E-state index contributed by atoms with van der Waals surface area (Å²) in [4.78, 5) is 12.9. The zero-order chi connectivity index (χ0) is 9.97. The highest BCUT2D eigenvalue weighted by Gasteiger charge is 2.34. The molecule has 1 atom stereocenters. The van der Waals surface area contributed by atoms with Crippen LogP contribution in [0.4, 0.5) is 0 Å². The highest BCUT2D eigenvalue weighted by Crippen LogP contribution is 2.31. The molecular weight excluding hydrogens is 178 g/mol. The molecule has 3 nitrogen and oxygen atoms in total. The van der Waals surface area contributed by atoms with Crippen molar-refractivity contribution in [2.45, 2.75) is 44.2 Å². The first kappa shape index (κ1) is 9.71. The van der Waals surface area contributed by atoms with E-state index >= 15 is 0 Å². The average Bonchev–Trinajstić information content (AvgIpc) is 2.99. The third-order valence-corrected chi connectivity index (χ3v) is 2.99. The zero-order valence-corrected chi connectivity index (χ0v) is 8.35. The molecule has 1 fully saturated rings. The molecule has 0 aromatic rings. The van der Waals surface area contributed by atoms with E-state index in [9.17, 15) is 4.79 Å². The van der Waals surface area contributed by atoms with Crippen LogP contribution in [0.5, 0.6) is 0 Å². The number of aliphatic carboxylic acids is 1. The Kier molecular flexibility index (Phi) is 2.87. The van der Waals surface area contributed by atoms with E-state index in [-0.39, 0.29) is 6.54 Å². The van der Waals surface area contributed by atoms with E-state index in [0.717, 1.165) is 12.8 Å². The molecule has 14 heavy (non-hydrogen) atoms. The van der Waals surface area contributed by atoms with Gasteiger partial charge in [-0.15, -0.1) is 0 Å². The lowest BCUT2D eigenvalue weighted by Gasteiger charge is -2.29. The Labute approximate surface area is 84.4 Å². The fraction of sp³-hybridized carbons (Fsp3) is 0.727. The monoisotopic (exact) mass is 195 g/mol. The molecule has 1 saturated carbocycles. The first-order chi connectivity index (χ1) is 6.77. The van der Waals surface area contributed by atoms with Crippen LogP contribution in [0.2, 0.25) is 0 Å². The lowest BCUT2D eigenvalue weighted by molar-refractivity contribution is -0.138. The average molecular weight is 195 g/mol. The van der Waals surface area contributed by atoms with E-state index in [4.69, 9.17) is 5.11 Å². The molecule has 0 radical (unpaired) electrons. The minimum atomic E-state index is -0.698. The number of rotatable bonds is 4. The molecule has 2 rings (SSSR count). The van der Waals surface area contributed by atoms with Gasteiger partial charge in [0, 0.05) is 12.1 Å². The Balaban J connectivity index is 1.97. The van der Waals surface area contributed by atoms with Gasteiger partial charge in [0.15, 0.2) is 0 Å². The van der Waals surface area contributed by atoms with Crippen molar-refractivity contribution in [3.8, 4) is 0 Å². The Hall–Kier alpha value is -0.830. The Morgan fingerprint density at radius 1 is 1.43 bits per heavy atom. The van der Waals surface area contributed by atoms with Gasteiger partial charge in [-0.2, -0.15) is 0 Å². The van der Waals surface area contributed by atoms with Crippen molar-refractivity contribution in [2.24, 2.45) is 0 Å². The summed E-state index contributed by atoms with van der Waals surface area (Å²) in [6.07, 6.45) is 10.2. The minimum absolute atomic E-state index is 0.208. The van der Waals surface area contributed by atoms with Crippen LogP contribution in [0.3, 0.4) is 0 Å². The molecule has 0 aromatic carbocycles. The standard InChI is InChI=1S/C11H17NO2/c13-11(14)8-12(10-6-7-10)9-4-2-1-3-5-9/h2,4,9-10H,1,3,5-8H2,(H,13,14). The maximum atomic E-state index is 10.7. The summed E-state index contributed by atoms with van der Waals surface area (Å²) in [5.41, 5.74) is 0. The van der Waals surface area contributed by atoms with Crippen molar-refractivity contribution < 1.29 is 9.90 Å². The molecule has 2 aliphatic rings. The number of allylic oxidation sites excluding steroid dienone is 1. The predicted octanol–water partition coefficient (Wildman–Crippen LogP) is 1.64. The van der Waals surface area contributed by atoms with Crippen LogP contribution in [0, 0.1) is 0 Å². The van der Waals surface area contributed by atoms with Gasteiger partial charge in [-0.05, 0) is 32.1 Å². The zero-order valence-electron chi connectivity index (χ0n) is 8.35. The predicted molar refractivity (Wildman–Crippen MR) is 54.1 cm³/mol. The van der Waals surface area contributed by atoms with Gasteiger partial charge in [0.2, 0.25) is 0 Å². The van der Waals surface area contributed by atoms with Crippen molar-refractivity contribution in [3.63, 3.8) is 0 Å². The van der Waals surface area contributed by atoms with Gasteiger partial charge in [-0.25, -0.2) is 0 Å². The molecule has 78 valence electrons. The second-order valence-corrected chi connectivity index (χ2v) is 4.22. The summed E-state index contributed by atoms with van der Waals surface area (Å²) in [6, 6.07) is 0.922. The number of hydrogen-bond acceptors (Lipinski definition) is 2. The highest BCUT2D eigenvalue weighted by molar-refractivity contribution is 5.69. The van der Waals surface area contributed by atoms with Gasteiger partial charge in [-0.3, -0.25) is 9.69 Å². The molecule has 0 aliphatic heterocycles. The topological polar surface area (TPSA) is 40.5 Å². The van der Waals surface area contributed by atoms with Gasteiger partial charge in [0.1, 0.15) is 0 Å². The van der Waals surface area contributed by atoms with E-state index in [1.807, 2.05) is 0 Å². The van der Waals surface area contributed by atoms with Crippen LogP contribution < -0.4 is 0 Å². The molecule has 2 aliphatic carbocycles. The number of carboxylic acid groups (broad SMARTS) is 1. The number of nitrogens with zero attached hydrogens (tertiary/aromatic N) is 1.